The summed E-state index contributed by atoms with van der Waals surface area (Å²) in [5, 5.41) is 26.7. The Morgan fingerprint density at radius 2 is 0.864 bits per heavy atom. The van der Waals surface area contributed by atoms with E-state index in [9.17, 15) is 48.3 Å². The van der Waals surface area contributed by atoms with E-state index in [0.717, 1.165) is 22.8 Å². The van der Waals surface area contributed by atoms with Crippen molar-refractivity contribution in [3.8, 4) is 0 Å². The molecule has 1 aliphatic rings. The number of carbonyl (C=O) groups excluding carboxylic acids is 11. The van der Waals surface area contributed by atoms with Crippen LogP contribution in [0, 0.1) is 41.4 Å². The number of allylic oxidation sites excluding steroid dienone is 2. The van der Waals surface area contributed by atoms with Gasteiger partial charge < -0.3 is 66.0 Å². The lowest BCUT2D eigenvalue weighted by molar-refractivity contribution is -0.157. The molecule has 0 aliphatic carbocycles. The van der Waals surface area contributed by atoms with E-state index < -0.39 is 156 Å². The summed E-state index contributed by atoms with van der Waals surface area (Å²) >= 11 is 0. The van der Waals surface area contributed by atoms with E-state index in [2.05, 4.69) is 125 Å². The first-order valence-electron chi connectivity index (χ1n) is 39.3. The number of benzene rings is 3. The predicted molar refractivity (Wildman–Crippen MR) is 438 cm³/mol. The molecule has 6 N–H and O–H groups in total. The van der Waals surface area contributed by atoms with E-state index in [1.807, 2.05) is 61.5 Å². The van der Waals surface area contributed by atoms with Crippen molar-refractivity contribution in [2.45, 2.75) is 248 Å². The minimum Gasteiger partial charge on any atom is -0.390 e. The molecule has 1 heterocycles. The molecule has 11 amide bonds. The van der Waals surface area contributed by atoms with Gasteiger partial charge in [-0.25, -0.2) is 0 Å². The number of carbonyl (C=O) groups is 11. The Labute approximate surface area is 664 Å². The van der Waals surface area contributed by atoms with E-state index in [4.69, 9.17) is 0 Å². The molecule has 0 spiro atoms. The SMILES string of the molecule is CC(NCCC(c1ccccc1)c1ccccc1)c1ccccc1.CC=CCC(C)C(O)C1C(=O)NC(CC)C(=O)N(C)CC(=O)N(C)C(CC(C)C)C(=O)NC(C(C)C)C(=O)N(C)C(CC(C)C)C(=O)NC(C)C(=O)NC(C)C(=O)N(C)C(CC(C)C)C(=O)N(C)C(CC(C)C)C(=O)N(C)C(C(C)C)C(=O)N1C.Cl. The molecule has 0 aromatic heterocycles. The van der Waals surface area contributed by atoms with Crippen LogP contribution >= 0.6 is 12.4 Å². The molecule has 0 radical (unpaired) electrons. The number of amides is 11. The van der Waals surface area contributed by atoms with E-state index in [1.54, 1.807) is 54.5 Å². The van der Waals surface area contributed by atoms with Crippen molar-refractivity contribution in [2.75, 3.05) is 62.4 Å². The first-order chi connectivity index (χ1) is 51.1. The van der Waals surface area contributed by atoms with Gasteiger partial charge in [-0.3, -0.25) is 52.7 Å². The molecule has 4 rings (SSSR count). The summed E-state index contributed by atoms with van der Waals surface area (Å²) in [5.41, 5.74) is 4.12. The Hall–Kier alpha value is -8.22. The fraction of sp³-hybridized carbons (Fsp3) is 0.635. The van der Waals surface area contributed by atoms with Gasteiger partial charge >= 0.3 is 0 Å². The molecule has 1 aliphatic heterocycles. The first-order valence-corrected chi connectivity index (χ1v) is 39.3. The van der Waals surface area contributed by atoms with Gasteiger partial charge in [0.05, 0.1) is 12.6 Å². The van der Waals surface area contributed by atoms with Crippen LogP contribution in [0.4, 0.5) is 0 Å². The van der Waals surface area contributed by atoms with Gasteiger partial charge in [0.2, 0.25) is 65.0 Å². The van der Waals surface area contributed by atoms with Crippen molar-refractivity contribution in [2.24, 2.45) is 41.4 Å². The summed E-state index contributed by atoms with van der Waals surface area (Å²) in [5.74, 6) is -9.27. The normalized spacial score (nSPS) is 23.5. The zero-order valence-electron chi connectivity index (χ0n) is 70.7. The van der Waals surface area contributed by atoms with Crippen LogP contribution in [0.2, 0.25) is 0 Å². The van der Waals surface area contributed by atoms with Gasteiger partial charge in [0.25, 0.3) is 0 Å². The number of hydrogen-bond acceptors (Lipinski definition) is 13. The number of halogens is 1. The van der Waals surface area contributed by atoms with Crippen LogP contribution in [0.1, 0.15) is 198 Å². The summed E-state index contributed by atoms with van der Waals surface area (Å²) < 4.78 is 0. The Kier molecular flexibility index (Phi) is 42.0. The number of aliphatic hydroxyl groups excluding tert-OH is 1. The average molecular weight is 1550 g/mol. The third-order valence-electron chi connectivity index (χ3n) is 20.7. The molecule has 24 nitrogen and oxygen atoms in total. The summed E-state index contributed by atoms with van der Waals surface area (Å²) in [6, 6.07) is 20.3. The molecule has 25 heteroatoms. The average Bonchev–Trinajstić information content (AvgIpc) is 0.803. The number of likely N-dealkylation sites (N-methyl/N-ethyl adjacent to an activating group) is 7. The minimum atomic E-state index is -1.61. The summed E-state index contributed by atoms with van der Waals surface area (Å²) in [4.78, 5) is 169. The van der Waals surface area contributed by atoms with Gasteiger partial charge in [0, 0.05) is 61.3 Å². The van der Waals surface area contributed by atoms with Crippen LogP contribution in [0.5, 0.6) is 0 Å². The van der Waals surface area contributed by atoms with Gasteiger partial charge in [-0.1, -0.05) is 200 Å². The van der Waals surface area contributed by atoms with Gasteiger partial charge in [-0.15, -0.1) is 12.4 Å². The highest BCUT2D eigenvalue weighted by molar-refractivity contribution is 5.99. The zero-order chi connectivity index (χ0) is 82.6. The third-order valence-corrected chi connectivity index (χ3v) is 20.7. The number of aliphatic hydroxyl groups is 1. The third kappa shape index (κ3) is 28.8. The topological polar surface area (TPSA) is 291 Å². The van der Waals surface area contributed by atoms with E-state index in [-0.39, 0.29) is 68.2 Å². The molecule has 616 valence electrons. The smallest absolute Gasteiger partial charge is 0.246 e. The lowest BCUT2D eigenvalue weighted by Crippen LogP contribution is -2.63. The van der Waals surface area contributed by atoms with Crippen molar-refractivity contribution in [1.82, 2.24) is 60.9 Å². The summed E-state index contributed by atoms with van der Waals surface area (Å²) in [7, 11) is 9.92. The number of nitrogens with one attached hydrogen (secondary N) is 5. The van der Waals surface area contributed by atoms with Crippen molar-refractivity contribution in [3.05, 3.63) is 120 Å². The molecular formula is C85H137ClN12O12. The summed E-state index contributed by atoms with van der Waals surface area (Å²) in [6.07, 6.45) is 4.13. The van der Waals surface area contributed by atoms with Crippen LogP contribution < -0.4 is 26.6 Å². The molecule has 3 aromatic carbocycles. The Morgan fingerprint density at radius 3 is 1.31 bits per heavy atom. The maximum Gasteiger partial charge on any atom is 0.246 e. The lowest BCUT2D eigenvalue weighted by Gasteiger charge is -2.41. The summed E-state index contributed by atoms with van der Waals surface area (Å²) in [6.45, 7) is 32.6. The Morgan fingerprint density at radius 1 is 0.455 bits per heavy atom. The van der Waals surface area contributed by atoms with Gasteiger partial charge in [-0.05, 0) is 137 Å². The van der Waals surface area contributed by atoms with Crippen molar-refractivity contribution < 1.29 is 57.8 Å². The van der Waals surface area contributed by atoms with Crippen molar-refractivity contribution >= 4 is 77.4 Å². The van der Waals surface area contributed by atoms with Crippen LogP contribution in [0.3, 0.4) is 0 Å². The highest BCUT2D eigenvalue weighted by Crippen LogP contribution is 2.30. The van der Waals surface area contributed by atoms with Crippen LogP contribution in [-0.4, -0.2) is 233 Å². The van der Waals surface area contributed by atoms with Gasteiger partial charge in [0.15, 0.2) is 0 Å². The molecule has 1 fully saturated rings. The standard InChI is InChI=1S/C62H111N11O12.C23H25N.ClH/c1-25-27-28-40(15)52(75)51-56(79)65-43(26-2)58(81)67(18)33-48(74)68(19)44(29-34(3)4)55(78)66-49(38(11)12)61(84)69(20)45(30-35(5)6)54(77)63-41(16)53(76)64-42(17)57(80)70(21)46(31-36(7)8)59(82)71(22)47(32-37(9)10)60(83)72(23)50(39(13)14)62(85)73(51)24;1-19(20-11-5-2-6-12-20)24-18-17-23(21-13-7-3-8-14-21)22-15-9-4-10-16-22;/h25,27,34-47,49-52,75H,26,28-33H2,1-24H3,(H,63,77)(H,64,76)(H,65,79)(H,66,78);2-16,19,23-24H,17-18H2,1H3;1H. The van der Waals surface area contributed by atoms with Crippen LogP contribution in [0.15, 0.2) is 103 Å². The molecule has 0 saturated carbocycles. The monoisotopic (exact) mass is 1550 g/mol. The molecule has 3 aromatic rings. The second-order valence-electron chi connectivity index (χ2n) is 32.3. The fourth-order valence-electron chi connectivity index (χ4n) is 13.9. The highest BCUT2D eigenvalue weighted by atomic mass is 35.5. The van der Waals surface area contributed by atoms with Crippen LogP contribution in [0.25, 0.3) is 0 Å². The Balaban J connectivity index is 0.00000137. The molecular weight excluding hydrogens is 1420 g/mol. The van der Waals surface area contributed by atoms with Crippen molar-refractivity contribution in [1.29, 1.82) is 0 Å². The van der Waals surface area contributed by atoms with E-state index in [0.29, 0.717) is 18.4 Å². The van der Waals surface area contributed by atoms with Crippen molar-refractivity contribution in [3.63, 3.8) is 0 Å². The largest absolute Gasteiger partial charge is 0.390 e. The predicted octanol–water partition coefficient (Wildman–Crippen LogP) is 9.25. The second kappa shape index (κ2) is 47.2. The highest BCUT2D eigenvalue weighted by Gasteiger charge is 2.46. The number of hydrogen-bond donors (Lipinski definition) is 6. The molecule has 13 unspecified atom stereocenters. The van der Waals surface area contributed by atoms with Crippen LogP contribution in [-0.2, 0) is 52.7 Å². The van der Waals surface area contributed by atoms with E-state index in [1.165, 1.54) is 104 Å². The Bertz CT molecular complexity index is 3400. The lowest BCUT2D eigenvalue weighted by atomic mass is 9.88. The maximum atomic E-state index is 15.1. The number of nitrogens with zero attached hydrogens (tertiary/aromatic N) is 7. The molecule has 0 bridgehead atoms. The molecule has 1 saturated heterocycles. The molecule has 13 atom stereocenters. The zero-order valence-corrected chi connectivity index (χ0v) is 71.5. The molecule has 110 heavy (non-hydrogen) atoms. The quantitative estimate of drug-likeness (QED) is 0.0512. The minimum absolute atomic E-state index is 0. The number of rotatable bonds is 22. The fourth-order valence-corrected chi connectivity index (χ4v) is 13.9. The second-order valence-corrected chi connectivity index (χ2v) is 32.3. The maximum absolute atomic E-state index is 15.1. The first kappa shape index (κ1) is 97.9. The van der Waals surface area contributed by atoms with Gasteiger partial charge in [-0.2, -0.15) is 0 Å². The van der Waals surface area contributed by atoms with Gasteiger partial charge in [0.1, 0.15) is 60.4 Å². The van der Waals surface area contributed by atoms with E-state index >= 15 is 9.59 Å².